The van der Waals surface area contributed by atoms with Crippen molar-refractivity contribution < 1.29 is 34.2 Å². The maximum absolute atomic E-state index is 14.3. The fourth-order valence-electron chi connectivity index (χ4n) is 9.72. The number of hydrogen-bond acceptors (Lipinski definition) is 9. The van der Waals surface area contributed by atoms with E-state index in [4.69, 9.17) is 9.57 Å². The van der Waals surface area contributed by atoms with Crippen LogP contribution in [0.15, 0.2) is 66.7 Å². The van der Waals surface area contributed by atoms with E-state index in [9.17, 15) is 24.6 Å². The van der Waals surface area contributed by atoms with Gasteiger partial charge in [0.05, 0.1) is 26.4 Å². The topological polar surface area (TPSA) is 141 Å². The molecule has 4 N–H and O–H groups in total. The van der Waals surface area contributed by atoms with Gasteiger partial charge in [0.15, 0.2) is 5.78 Å². The van der Waals surface area contributed by atoms with E-state index in [1.165, 1.54) is 13.3 Å². The number of methoxy groups -OCH3 is 1. The van der Waals surface area contributed by atoms with Gasteiger partial charge in [-0.2, -0.15) is 5.06 Å². The number of aliphatic hydroxyl groups excluding tert-OH is 2. The molecule has 11 nitrogen and oxygen atoms in total. The third-order valence-electron chi connectivity index (χ3n) is 12.8. The average Bonchev–Trinajstić information content (AvgIpc) is 3.53. The second-order valence-corrected chi connectivity index (χ2v) is 17.2. The lowest BCUT2D eigenvalue weighted by molar-refractivity contribution is -0.183. The smallest absolute Gasteiger partial charge is 0.251 e. The summed E-state index contributed by atoms with van der Waals surface area (Å²) >= 11 is 0. The van der Waals surface area contributed by atoms with Crippen LogP contribution in [0.3, 0.4) is 0 Å². The van der Waals surface area contributed by atoms with Gasteiger partial charge in [0.1, 0.15) is 17.9 Å². The van der Waals surface area contributed by atoms with Gasteiger partial charge in [-0.05, 0) is 99.7 Å². The molecule has 3 aromatic rings. The number of ether oxygens (including phenoxy) is 1. The fourth-order valence-corrected chi connectivity index (χ4v) is 9.72. The Bertz CT molecular complexity index is 1880. The van der Waals surface area contributed by atoms with Crippen LogP contribution in [0.25, 0.3) is 11.1 Å². The molecular formula is C45H60N4O7. The standard InChI is InChI=1S/C45H60N4O7/c1-26-37-21-34(45(37,4)5)22-38(26)47-44(54)41-40(28(3)52)39(25-50)56-49(41)23-30-15-12-16-36(42(30)55-8)32-18-31(27(2)51)19-33(20-32)43(53)46-35(24-48(6)7)17-29-13-10-9-11-14-29/h9-16,18-20,26,28,34-35,37-41,50,52H,17,21-25H2,1-8H3,(H,46,53)(H,47,54)/t26-,28-,34+,35-,37-,38-,39-,40+,41-/m0/s1. The zero-order valence-electron chi connectivity index (χ0n) is 34.1. The highest BCUT2D eigenvalue weighted by atomic mass is 16.7. The molecule has 3 aromatic carbocycles. The maximum Gasteiger partial charge on any atom is 0.251 e. The number of ketones is 1. The summed E-state index contributed by atoms with van der Waals surface area (Å²) in [5.74, 6) is 0.501. The predicted octanol–water partition coefficient (Wildman–Crippen LogP) is 5.13. The highest BCUT2D eigenvalue weighted by Gasteiger charge is 2.57. The molecule has 1 aliphatic heterocycles. The Balaban J connectivity index is 1.28. The van der Waals surface area contributed by atoms with Crippen molar-refractivity contribution in [1.82, 2.24) is 20.6 Å². The number of carbonyl (C=O) groups is 3. The van der Waals surface area contributed by atoms with Crippen LogP contribution < -0.4 is 15.4 Å². The van der Waals surface area contributed by atoms with Crippen LogP contribution in [0.1, 0.15) is 79.3 Å². The monoisotopic (exact) mass is 768 g/mol. The molecule has 1 saturated heterocycles. The Morgan fingerprint density at radius 3 is 2.36 bits per heavy atom. The Morgan fingerprint density at radius 1 is 1.04 bits per heavy atom. The van der Waals surface area contributed by atoms with Gasteiger partial charge in [-0.1, -0.05) is 69.3 Å². The number of carbonyl (C=O) groups excluding carboxylic acids is 3. The summed E-state index contributed by atoms with van der Waals surface area (Å²) in [6, 6.07) is 19.7. The molecule has 302 valence electrons. The third-order valence-corrected chi connectivity index (χ3v) is 12.8. The molecule has 3 aliphatic carbocycles. The van der Waals surface area contributed by atoms with Crippen molar-refractivity contribution in [1.29, 1.82) is 0 Å². The van der Waals surface area contributed by atoms with Gasteiger partial charge in [-0.25, -0.2) is 0 Å². The van der Waals surface area contributed by atoms with E-state index in [1.54, 1.807) is 37.3 Å². The second kappa shape index (κ2) is 17.2. The van der Waals surface area contributed by atoms with Crippen molar-refractivity contribution in [3.05, 3.63) is 89.0 Å². The van der Waals surface area contributed by atoms with E-state index in [0.29, 0.717) is 64.3 Å². The van der Waals surface area contributed by atoms with Crippen molar-refractivity contribution in [2.75, 3.05) is 34.4 Å². The SMILES string of the molecule is COc1c(CN2O[C@@H](CO)[C@@H]([C@H](C)O)[C@H]2C(=O)N[C@H]2C[C@H]3C[C@@H]([C@@H]2C)C3(C)C)cccc1-c1cc(C(C)=O)cc(C(=O)N[C@@H](Cc2ccccc2)CN(C)C)c1. The van der Waals surface area contributed by atoms with Gasteiger partial charge in [0.25, 0.3) is 5.91 Å². The molecule has 4 aliphatic rings. The van der Waals surface area contributed by atoms with Gasteiger partial charge in [0.2, 0.25) is 5.91 Å². The molecule has 1 heterocycles. The summed E-state index contributed by atoms with van der Waals surface area (Å²) in [7, 11) is 5.49. The van der Waals surface area contributed by atoms with Crippen LogP contribution in [-0.2, 0) is 22.6 Å². The highest BCUT2D eigenvalue weighted by Crippen LogP contribution is 2.61. The van der Waals surface area contributed by atoms with Crippen molar-refractivity contribution in [2.24, 2.45) is 29.1 Å². The van der Waals surface area contributed by atoms with Crippen LogP contribution in [-0.4, -0.2) is 102 Å². The largest absolute Gasteiger partial charge is 0.496 e. The minimum atomic E-state index is -0.929. The molecule has 56 heavy (non-hydrogen) atoms. The molecule has 4 fully saturated rings. The van der Waals surface area contributed by atoms with Gasteiger partial charge in [-0.15, -0.1) is 0 Å². The number of para-hydroxylation sites is 1. The first-order valence-electron chi connectivity index (χ1n) is 20.0. The minimum Gasteiger partial charge on any atom is -0.496 e. The number of Topliss-reactive ketones (excluding diaryl/α,β-unsaturated/α-hetero) is 1. The number of nitrogens with one attached hydrogen (secondary N) is 2. The Kier molecular flexibility index (Phi) is 12.7. The molecule has 9 atom stereocenters. The minimum absolute atomic E-state index is 0.0123. The summed E-state index contributed by atoms with van der Waals surface area (Å²) in [6.07, 6.45) is 1.02. The number of fused-ring (bicyclic) bond motifs is 2. The molecule has 11 heteroatoms. The van der Waals surface area contributed by atoms with Gasteiger partial charge in [-0.3, -0.25) is 19.2 Å². The van der Waals surface area contributed by atoms with E-state index < -0.39 is 24.2 Å². The Morgan fingerprint density at radius 2 is 1.75 bits per heavy atom. The van der Waals surface area contributed by atoms with Crippen molar-refractivity contribution in [3.8, 4) is 16.9 Å². The van der Waals surface area contributed by atoms with Gasteiger partial charge >= 0.3 is 0 Å². The van der Waals surface area contributed by atoms with E-state index in [1.807, 2.05) is 67.5 Å². The van der Waals surface area contributed by atoms with Crippen LogP contribution in [0.5, 0.6) is 5.75 Å². The quantitative estimate of drug-likeness (QED) is 0.155. The molecule has 3 saturated carbocycles. The lowest BCUT2D eigenvalue weighted by atomic mass is 9.45. The molecule has 0 unspecified atom stereocenters. The van der Waals surface area contributed by atoms with Crippen molar-refractivity contribution in [2.45, 2.75) is 90.8 Å². The number of hydrogen-bond donors (Lipinski definition) is 4. The van der Waals surface area contributed by atoms with Crippen molar-refractivity contribution in [3.63, 3.8) is 0 Å². The zero-order chi connectivity index (χ0) is 40.5. The zero-order valence-corrected chi connectivity index (χ0v) is 34.1. The normalized spacial score (nSPS) is 26.6. The van der Waals surface area contributed by atoms with E-state index >= 15 is 0 Å². The Hall–Kier alpha value is -4.13. The second-order valence-electron chi connectivity index (χ2n) is 17.2. The number of aliphatic hydroxyl groups is 2. The molecular weight excluding hydrogens is 709 g/mol. The third kappa shape index (κ3) is 8.57. The summed E-state index contributed by atoms with van der Waals surface area (Å²) < 4.78 is 6.04. The number of amides is 2. The summed E-state index contributed by atoms with van der Waals surface area (Å²) in [6.45, 7) is 10.3. The first-order valence-corrected chi connectivity index (χ1v) is 20.0. The number of nitrogens with zero attached hydrogens (tertiary/aromatic N) is 2. The molecule has 2 amide bonds. The van der Waals surface area contributed by atoms with Crippen LogP contribution in [0.2, 0.25) is 0 Å². The van der Waals surface area contributed by atoms with Gasteiger partial charge in [0, 0.05) is 46.8 Å². The molecule has 7 rings (SSSR count). The highest BCUT2D eigenvalue weighted by molar-refractivity contribution is 6.02. The summed E-state index contributed by atoms with van der Waals surface area (Å²) in [5.41, 5.74) is 4.06. The molecule has 0 spiro atoms. The Labute approximate surface area is 331 Å². The number of hydroxylamine groups is 2. The summed E-state index contributed by atoms with van der Waals surface area (Å²) in [4.78, 5) is 49.3. The van der Waals surface area contributed by atoms with Gasteiger partial charge < -0.3 is 30.5 Å². The summed E-state index contributed by atoms with van der Waals surface area (Å²) in [5, 5.41) is 29.4. The molecule has 0 aromatic heterocycles. The predicted molar refractivity (Wildman–Crippen MR) is 216 cm³/mol. The van der Waals surface area contributed by atoms with Crippen LogP contribution >= 0.6 is 0 Å². The van der Waals surface area contributed by atoms with Crippen LogP contribution in [0, 0.1) is 29.1 Å². The molecule has 0 radical (unpaired) electrons. The van der Waals surface area contributed by atoms with Crippen molar-refractivity contribution >= 4 is 17.6 Å². The fraction of sp³-hybridized carbons (Fsp3) is 0.533. The first-order chi connectivity index (χ1) is 26.6. The number of likely N-dealkylation sites (N-methyl/N-ethyl adjacent to an activating group) is 1. The van der Waals surface area contributed by atoms with Crippen LogP contribution in [0.4, 0.5) is 0 Å². The average molecular weight is 769 g/mol. The lowest BCUT2D eigenvalue weighted by Gasteiger charge is -2.62. The molecule has 2 bridgehead atoms. The number of rotatable bonds is 15. The van der Waals surface area contributed by atoms with E-state index in [0.717, 1.165) is 12.0 Å². The lowest BCUT2D eigenvalue weighted by Crippen LogP contribution is -2.62. The first kappa shape index (κ1) is 41.5. The van der Waals surface area contributed by atoms with E-state index in [2.05, 4.69) is 31.4 Å². The number of benzene rings is 3. The van der Waals surface area contributed by atoms with E-state index in [-0.39, 0.29) is 48.2 Å². The maximum atomic E-state index is 14.3.